The van der Waals surface area contributed by atoms with Gasteiger partial charge in [-0.25, -0.2) is 5.43 Å². The summed E-state index contributed by atoms with van der Waals surface area (Å²) in [7, 11) is 0. The molecule has 4 rings (SSSR count). The van der Waals surface area contributed by atoms with Crippen LogP contribution < -0.4 is 15.2 Å². The first-order chi connectivity index (χ1) is 14.2. The number of nitrogens with one attached hydrogen (secondary N) is 1. The minimum absolute atomic E-state index is 0.162. The molecule has 0 saturated carbocycles. The van der Waals surface area contributed by atoms with Crippen LogP contribution in [0.2, 0.25) is 0 Å². The second-order valence-corrected chi connectivity index (χ2v) is 7.47. The van der Waals surface area contributed by atoms with Crippen molar-refractivity contribution < 1.29 is 10.2 Å². The summed E-state index contributed by atoms with van der Waals surface area (Å²) in [6, 6.07) is 4.51. The molecule has 2 fully saturated rings. The molecule has 1 aromatic carbocycles. The summed E-state index contributed by atoms with van der Waals surface area (Å²) in [5, 5.41) is 23.2. The number of aromatic nitrogens is 3. The molecule has 2 aliphatic rings. The third kappa shape index (κ3) is 4.85. The molecule has 2 aromatic rings. The molecule has 3 N–H and O–H groups in total. The molecule has 1 aromatic heterocycles. The molecule has 29 heavy (non-hydrogen) atoms. The lowest BCUT2D eigenvalue weighted by Crippen LogP contribution is -2.34. The van der Waals surface area contributed by atoms with E-state index >= 15 is 0 Å². The van der Waals surface area contributed by atoms with Gasteiger partial charge >= 0.3 is 0 Å². The zero-order valence-corrected chi connectivity index (χ0v) is 16.5. The molecule has 9 heteroatoms. The van der Waals surface area contributed by atoms with E-state index in [1.165, 1.54) is 25.0 Å². The number of nitrogens with zero attached hydrogens (tertiary/aromatic N) is 6. The number of rotatable bonds is 5. The van der Waals surface area contributed by atoms with Crippen molar-refractivity contribution in [3.63, 3.8) is 0 Å². The zero-order chi connectivity index (χ0) is 20.1. The van der Waals surface area contributed by atoms with Crippen LogP contribution in [-0.2, 0) is 0 Å². The Morgan fingerprint density at radius 1 is 0.793 bits per heavy atom. The highest BCUT2D eigenvalue weighted by Crippen LogP contribution is 2.24. The van der Waals surface area contributed by atoms with E-state index < -0.39 is 0 Å². The van der Waals surface area contributed by atoms with Crippen molar-refractivity contribution >= 4 is 24.1 Å². The standard InChI is InChI=1S/C20H27N7O2/c28-16-8-7-15(13-17(16)29)14-21-25-18-22-19(26-9-3-1-4-10-26)24-20(23-18)27-11-5-2-6-12-27/h7-8,13-14,28-29H,1-6,9-12H2,(H,22,23,24,25)/b21-14+. The molecule has 154 valence electrons. The molecule has 9 nitrogen and oxygen atoms in total. The van der Waals surface area contributed by atoms with Crippen molar-refractivity contribution in [1.82, 2.24) is 15.0 Å². The van der Waals surface area contributed by atoms with Crippen LogP contribution in [0.4, 0.5) is 17.8 Å². The van der Waals surface area contributed by atoms with Gasteiger partial charge in [-0.1, -0.05) is 0 Å². The summed E-state index contributed by atoms with van der Waals surface area (Å²) < 4.78 is 0. The number of benzene rings is 1. The fraction of sp³-hybridized carbons (Fsp3) is 0.500. The SMILES string of the molecule is Oc1ccc(/C=N/Nc2nc(N3CCCCC3)nc(N3CCCCC3)n2)cc1O. The molecular formula is C20H27N7O2. The number of anilines is 3. The quantitative estimate of drug-likeness (QED) is 0.401. The summed E-state index contributed by atoms with van der Waals surface area (Å²) in [5.74, 6) is 1.44. The van der Waals surface area contributed by atoms with Crippen LogP contribution in [0.5, 0.6) is 11.5 Å². The fourth-order valence-corrected chi connectivity index (χ4v) is 3.66. The highest BCUT2D eigenvalue weighted by atomic mass is 16.3. The maximum absolute atomic E-state index is 9.60. The van der Waals surface area contributed by atoms with Crippen LogP contribution in [0.1, 0.15) is 44.1 Å². The first-order valence-electron chi connectivity index (χ1n) is 10.3. The molecule has 0 atom stereocenters. The van der Waals surface area contributed by atoms with Gasteiger partial charge in [0.15, 0.2) is 11.5 Å². The third-order valence-corrected chi connectivity index (χ3v) is 5.27. The van der Waals surface area contributed by atoms with Crippen molar-refractivity contribution in [2.45, 2.75) is 38.5 Å². The van der Waals surface area contributed by atoms with Crippen molar-refractivity contribution in [1.29, 1.82) is 0 Å². The Balaban J connectivity index is 1.55. The Morgan fingerprint density at radius 3 is 1.93 bits per heavy atom. The van der Waals surface area contributed by atoms with E-state index in [1.54, 1.807) is 12.3 Å². The topological polar surface area (TPSA) is 110 Å². The van der Waals surface area contributed by atoms with Crippen molar-refractivity contribution in [3.8, 4) is 11.5 Å². The fourth-order valence-electron chi connectivity index (χ4n) is 3.66. The number of phenolic OH excluding ortho intramolecular Hbond substituents is 2. The van der Waals surface area contributed by atoms with Crippen molar-refractivity contribution in [2.24, 2.45) is 5.10 Å². The lowest BCUT2D eigenvalue weighted by atomic mass is 10.1. The van der Waals surface area contributed by atoms with Gasteiger partial charge < -0.3 is 20.0 Å². The maximum Gasteiger partial charge on any atom is 0.250 e. The number of hydrazone groups is 1. The lowest BCUT2D eigenvalue weighted by molar-refractivity contribution is 0.403. The van der Waals surface area contributed by atoms with E-state index in [1.807, 2.05) is 0 Å². The highest BCUT2D eigenvalue weighted by Gasteiger charge is 2.20. The second kappa shape index (κ2) is 8.93. The molecule has 0 unspecified atom stereocenters. The summed E-state index contributed by atoms with van der Waals surface area (Å²) in [4.78, 5) is 18.3. The maximum atomic E-state index is 9.60. The van der Waals surface area contributed by atoms with E-state index in [0.29, 0.717) is 23.4 Å². The predicted molar refractivity (Wildman–Crippen MR) is 113 cm³/mol. The first kappa shape index (κ1) is 19.2. The van der Waals surface area contributed by atoms with Crippen LogP contribution in [0.3, 0.4) is 0 Å². The Morgan fingerprint density at radius 2 is 1.38 bits per heavy atom. The van der Waals surface area contributed by atoms with Gasteiger partial charge in [-0.2, -0.15) is 20.1 Å². The van der Waals surface area contributed by atoms with Crippen LogP contribution in [0, 0.1) is 0 Å². The Kier molecular flexibility index (Phi) is 5.92. The van der Waals surface area contributed by atoms with E-state index in [0.717, 1.165) is 51.9 Å². The van der Waals surface area contributed by atoms with Crippen molar-refractivity contribution in [3.05, 3.63) is 23.8 Å². The first-order valence-corrected chi connectivity index (χ1v) is 10.3. The number of piperidine rings is 2. The molecule has 2 aliphatic heterocycles. The smallest absolute Gasteiger partial charge is 0.250 e. The molecule has 0 amide bonds. The molecule has 0 radical (unpaired) electrons. The van der Waals surface area contributed by atoms with Gasteiger partial charge in [0.25, 0.3) is 0 Å². The van der Waals surface area contributed by atoms with Gasteiger partial charge in [0.2, 0.25) is 17.8 Å². The van der Waals surface area contributed by atoms with E-state index in [9.17, 15) is 10.2 Å². The van der Waals surface area contributed by atoms with Crippen LogP contribution in [0.15, 0.2) is 23.3 Å². The van der Waals surface area contributed by atoms with Crippen LogP contribution >= 0.6 is 0 Å². The minimum atomic E-state index is -0.186. The van der Waals surface area contributed by atoms with E-state index in [2.05, 4.69) is 30.3 Å². The van der Waals surface area contributed by atoms with E-state index in [-0.39, 0.29) is 11.5 Å². The Labute approximate surface area is 170 Å². The normalized spacial score (nSPS) is 17.7. The third-order valence-electron chi connectivity index (χ3n) is 5.27. The Bertz CT molecular complexity index is 826. The number of hydrogen-bond acceptors (Lipinski definition) is 9. The molecule has 0 spiro atoms. The van der Waals surface area contributed by atoms with Gasteiger partial charge in [0, 0.05) is 26.2 Å². The summed E-state index contributed by atoms with van der Waals surface area (Å²) in [5.41, 5.74) is 3.54. The van der Waals surface area contributed by atoms with Gasteiger partial charge in [0.05, 0.1) is 6.21 Å². The number of aromatic hydroxyl groups is 2. The molecule has 0 aliphatic carbocycles. The molecular weight excluding hydrogens is 370 g/mol. The Hall–Kier alpha value is -3.10. The largest absolute Gasteiger partial charge is 0.504 e. The second-order valence-electron chi connectivity index (χ2n) is 7.47. The van der Waals surface area contributed by atoms with Gasteiger partial charge in [-0.3, -0.25) is 0 Å². The van der Waals surface area contributed by atoms with Crippen molar-refractivity contribution in [2.75, 3.05) is 41.4 Å². The lowest BCUT2D eigenvalue weighted by Gasteiger charge is -2.30. The minimum Gasteiger partial charge on any atom is -0.504 e. The zero-order valence-electron chi connectivity index (χ0n) is 16.5. The molecule has 0 bridgehead atoms. The average molecular weight is 397 g/mol. The average Bonchev–Trinajstić information content (AvgIpc) is 2.77. The number of hydrogen-bond donors (Lipinski definition) is 3. The summed E-state index contributed by atoms with van der Waals surface area (Å²) in [6.45, 7) is 3.83. The summed E-state index contributed by atoms with van der Waals surface area (Å²) >= 11 is 0. The monoisotopic (exact) mass is 397 g/mol. The van der Waals surface area contributed by atoms with Crippen LogP contribution in [0.25, 0.3) is 0 Å². The molecule has 3 heterocycles. The number of phenols is 2. The summed E-state index contributed by atoms with van der Waals surface area (Å²) in [6.07, 6.45) is 8.63. The predicted octanol–water partition coefficient (Wildman–Crippen LogP) is 2.71. The van der Waals surface area contributed by atoms with Gasteiger partial charge in [-0.05, 0) is 62.3 Å². The van der Waals surface area contributed by atoms with Gasteiger partial charge in [0.1, 0.15) is 0 Å². The van der Waals surface area contributed by atoms with Gasteiger partial charge in [-0.15, -0.1) is 0 Å². The highest BCUT2D eigenvalue weighted by molar-refractivity contribution is 5.81. The van der Waals surface area contributed by atoms with E-state index in [4.69, 9.17) is 4.98 Å². The van der Waals surface area contributed by atoms with Crippen LogP contribution in [-0.4, -0.2) is 57.6 Å². The molecule has 2 saturated heterocycles.